The summed E-state index contributed by atoms with van der Waals surface area (Å²) in [6.45, 7) is -2.89. The summed E-state index contributed by atoms with van der Waals surface area (Å²) in [6.07, 6.45) is 0. The maximum absolute atomic E-state index is 11.7. The molecule has 66 valence electrons. The summed E-state index contributed by atoms with van der Waals surface area (Å²) in [5.74, 6) is -0.0880. The number of benzene rings is 1. The molecule has 0 aliphatic heterocycles. The number of halogens is 2. The van der Waals surface area contributed by atoms with E-state index in [0.29, 0.717) is 0 Å². The topological polar surface area (TPSA) is 41.5 Å². The van der Waals surface area contributed by atoms with E-state index in [0.717, 1.165) is 0 Å². The van der Waals surface area contributed by atoms with Crippen molar-refractivity contribution in [2.45, 2.75) is 6.61 Å². The van der Waals surface area contributed by atoms with Crippen molar-refractivity contribution in [1.82, 2.24) is 0 Å². The Balaban J connectivity index is 2.82. The number of nitrogens with one attached hydrogen (secondary N) is 1. The molecule has 0 aliphatic rings. The first-order valence-corrected chi connectivity index (χ1v) is 3.18. The van der Waals surface area contributed by atoms with Crippen LogP contribution < -0.4 is 10.2 Å². The van der Waals surface area contributed by atoms with Gasteiger partial charge in [0.15, 0.2) is 5.75 Å². The van der Waals surface area contributed by atoms with Gasteiger partial charge in [0.05, 0.1) is 0 Å². The maximum atomic E-state index is 11.7. The number of hydrogen-bond acceptors (Lipinski definition) is 3. The average Bonchev–Trinajstić information content (AvgIpc) is 2.04. The van der Waals surface area contributed by atoms with Crippen LogP contribution in [0, 0.1) is 0 Å². The minimum Gasteiger partial charge on any atom is -0.433 e. The van der Waals surface area contributed by atoms with E-state index in [2.05, 4.69) is 4.74 Å². The molecule has 1 aromatic carbocycles. The summed E-state index contributed by atoms with van der Waals surface area (Å²) >= 11 is 0. The van der Waals surface area contributed by atoms with Crippen LogP contribution in [0.2, 0.25) is 0 Å². The van der Waals surface area contributed by atoms with Gasteiger partial charge in [-0.1, -0.05) is 12.1 Å². The zero-order chi connectivity index (χ0) is 8.97. The van der Waals surface area contributed by atoms with Gasteiger partial charge in [0.1, 0.15) is 5.69 Å². The van der Waals surface area contributed by atoms with E-state index in [1.807, 2.05) is 0 Å². The molecule has 0 fully saturated rings. The Hall–Kier alpha value is -1.36. The molecule has 1 rings (SSSR count). The number of ether oxygens (including phenoxy) is 1. The number of anilines is 1. The van der Waals surface area contributed by atoms with Crippen LogP contribution in [-0.2, 0) is 0 Å². The number of rotatable bonds is 3. The van der Waals surface area contributed by atoms with Crippen molar-refractivity contribution in [2.75, 3.05) is 5.48 Å². The third kappa shape index (κ3) is 2.06. The van der Waals surface area contributed by atoms with E-state index < -0.39 is 6.61 Å². The highest BCUT2D eigenvalue weighted by atomic mass is 19.3. The summed E-state index contributed by atoms with van der Waals surface area (Å²) in [5.41, 5.74) is 1.85. The Morgan fingerprint density at radius 1 is 1.33 bits per heavy atom. The first-order chi connectivity index (χ1) is 5.74. The van der Waals surface area contributed by atoms with E-state index in [-0.39, 0.29) is 11.4 Å². The zero-order valence-corrected chi connectivity index (χ0v) is 6.00. The second-order valence-corrected chi connectivity index (χ2v) is 1.99. The van der Waals surface area contributed by atoms with Crippen LogP contribution in [0.3, 0.4) is 0 Å². The molecule has 5 heteroatoms. The Bertz CT molecular complexity index is 255. The molecule has 0 saturated carbocycles. The van der Waals surface area contributed by atoms with Gasteiger partial charge in [0, 0.05) is 0 Å². The van der Waals surface area contributed by atoms with Crippen LogP contribution in [0.5, 0.6) is 5.75 Å². The van der Waals surface area contributed by atoms with Gasteiger partial charge >= 0.3 is 6.61 Å². The molecular formula is C7H7F2NO2. The van der Waals surface area contributed by atoms with E-state index in [9.17, 15) is 8.78 Å². The summed E-state index contributed by atoms with van der Waals surface area (Å²) < 4.78 is 27.5. The van der Waals surface area contributed by atoms with Crippen LogP contribution in [-0.4, -0.2) is 11.8 Å². The summed E-state index contributed by atoms with van der Waals surface area (Å²) in [6, 6.07) is 5.85. The van der Waals surface area contributed by atoms with Crippen molar-refractivity contribution in [3.63, 3.8) is 0 Å². The summed E-state index contributed by atoms with van der Waals surface area (Å²) in [7, 11) is 0. The van der Waals surface area contributed by atoms with Gasteiger partial charge in [0.2, 0.25) is 0 Å². The molecule has 0 heterocycles. The fourth-order valence-corrected chi connectivity index (χ4v) is 0.758. The monoisotopic (exact) mass is 175 g/mol. The first kappa shape index (κ1) is 8.73. The van der Waals surface area contributed by atoms with Crippen molar-refractivity contribution >= 4 is 5.69 Å². The molecule has 0 aliphatic carbocycles. The first-order valence-electron chi connectivity index (χ1n) is 3.18. The molecule has 0 unspecified atom stereocenters. The van der Waals surface area contributed by atoms with Gasteiger partial charge < -0.3 is 4.74 Å². The van der Waals surface area contributed by atoms with Crippen molar-refractivity contribution < 1.29 is 18.7 Å². The maximum Gasteiger partial charge on any atom is 0.387 e. The Morgan fingerprint density at radius 3 is 2.58 bits per heavy atom. The highest BCUT2D eigenvalue weighted by Crippen LogP contribution is 2.24. The van der Waals surface area contributed by atoms with Crippen LogP contribution in [0.4, 0.5) is 14.5 Å². The lowest BCUT2D eigenvalue weighted by atomic mass is 10.3. The Labute approximate surface area is 67.5 Å². The zero-order valence-electron chi connectivity index (χ0n) is 6.00. The summed E-state index contributed by atoms with van der Waals surface area (Å²) in [4.78, 5) is 0. The van der Waals surface area contributed by atoms with Crippen LogP contribution in [0.25, 0.3) is 0 Å². The second-order valence-electron chi connectivity index (χ2n) is 1.99. The number of alkyl halides is 2. The van der Waals surface area contributed by atoms with Gasteiger partial charge in [-0.15, -0.1) is 0 Å². The molecule has 0 atom stereocenters. The molecule has 3 nitrogen and oxygen atoms in total. The fourth-order valence-electron chi connectivity index (χ4n) is 0.758. The lowest BCUT2D eigenvalue weighted by Gasteiger charge is -2.07. The molecular weight excluding hydrogens is 168 g/mol. The molecule has 0 bridgehead atoms. The van der Waals surface area contributed by atoms with Gasteiger partial charge in [0.25, 0.3) is 0 Å². The Kier molecular flexibility index (Phi) is 2.82. The third-order valence-electron chi connectivity index (χ3n) is 1.22. The van der Waals surface area contributed by atoms with E-state index in [1.165, 1.54) is 18.2 Å². The SMILES string of the molecule is ONc1ccccc1OC(F)F. The highest BCUT2D eigenvalue weighted by Gasteiger charge is 2.07. The fraction of sp³-hybridized carbons (Fsp3) is 0.143. The van der Waals surface area contributed by atoms with Crippen molar-refractivity contribution in [2.24, 2.45) is 0 Å². The highest BCUT2D eigenvalue weighted by molar-refractivity contribution is 5.54. The number of para-hydroxylation sites is 2. The molecule has 0 spiro atoms. The Morgan fingerprint density at radius 2 is 2.00 bits per heavy atom. The molecule has 0 radical (unpaired) electrons. The number of hydrogen-bond donors (Lipinski definition) is 2. The average molecular weight is 175 g/mol. The van der Waals surface area contributed by atoms with Gasteiger partial charge in [-0.3, -0.25) is 10.7 Å². The van der Waals surface area contributed by atoms with Crippen LogP contribution in [0.15, 0.2) is 24.3 Å². The lowest BCUT2D eigenvalue weighted by molar-refractivity contribution is -0.0495. The molecule has 2 N–H and O–H groups in total. The predicted octanol–water partition coefficient (Wildman–Crippen LogP) is 2.09. The second kappa shape index (κ2) is 3.87. The summed E-state index contributed by atoms with van der Waals surface area (Å²) in [5, 5.41) is 8.46. The molecule has 12 heavy (non-hydrogen) atoms. The largest absolute Gasteiger partial charge is 0.433 e. The lowest BCUT2D eigenvalue weighted by Crippen LogP contribution is -2.04. The van der Waals surface area contributed by atoms with Crippen molar-refractivity contribution in [1.29, 1.82) is 0 Å². The van der Waals surface area contributed by atoms with E-state index in [4.69, 9.17) is 5.21 Å². The minimum absolute atomic E-state index is 0.0880. The molecule has 1 aromatic rings. The smallest absolute Gasteiger partial charge is 0.387 e. The normalized spacial score (nSPS) is 10.0. The standard InChI is InChI=1S/C7H7F2NO2/c8-7(9)12-6-4-2-1-3-5(6)10-11/h1-4,7,10-11H. The quantitative estimate of drug-likeness (QED) is 0.691. The van der Waals surface area contributed by atoms with Gasteiger partial charge in [-0.2, -0.15) is 8.78 Å². The van der Waals surface area contributed by atoms with Crippen molar-refractivity contribution in [3.8, 4) is 5.75 Å². The predicted molar refractivity (Wildman–Crippen MR) is 38.5 cm³/mol. The molecule has 0 amide bonds. The third-order valence-corrected chi connectivity index (χ3v) is 1.22. The van der Waals surface area contributed by atoms with E-state index >= 15 is 0 Å². The van der Waals surface area contributed by atoms with Crippen LogP contribution >= 0.6 is 0 Å². The van der Waals surface area contributed by atoms with Gasteiger partial charge in [-0.05, 0) is 12.1 Å². The van der Waals surface area contributed by atoms with Crippen LogP contribution in [0.1, 0.15) is 0 Å². The van der Waals surface area contributed by atoms with Crippen molar-refractivity contribution in [3.05, 3.63) is 24.3 Å². The minimum atomic E-state index is -2.89. The molecule has 0 saturated heterocycles. The molecule has 0 aromatic heterocycles. The van der Waals surface area contributed by atoms with Gasteiger partial charge in [-0.25, -0.2) is 0 Å². The van der Waals surface area contributed by atoms with E-state index in [1.54, 1.807) is 11.5 Å².